The summed E-state index contributed by atoms with van der Waals surface area (Å²) in [5, 5.41) is 24.5. The van der Waals surface area contributed by atoms with Crippen molar-refractivity contribution in [2.45, 2.75) is 38.1 Å². The molecule has 21 heavy (non-hydrogen) atoms. The van der Waals surface area contributed by atoms with E-state index in [-0.39, 0.29) is 22.3 Å². The molecule has 0 saturated heterocycles. The van der Waals surface area contributed by atoms with Crippen LogP contribution in [-0.2, 0) is 0 Å². The van der Waals surface area contributed by atoms with Crippen LogP contribution in [0.5, 0.6) is 0 Å². The quantitative estimate of drug-likeness (QED) is 0.638. The van der Waals surface area contributed by atoms with Crippen molar-refractivity contribution in [3.63, 3.8) is 0 Å². The second-order valence-electron chi connectivity index (χ2n) is 5.79. The van der Waals surface area contributed by atoms with Gasteiger partial charge in [0.05, 0.1) is 27.1 Å². The van der Waals surface area contributed by atoms with Crippen molar-refractivity contribution in [1.82, 2.24) is 0 Å². The Morgan fingerprint density at radius 1 is 1.38 bits per heavy atom. The van der Waals surface area contributed by atoms with Crippen molar-refractivity contribution in [2.75, 3.05) is 11.9 Å². The number of aliphatic hydroxyl groups is 1. The van der Waals surface area contributed by atoms with Crippen LogP contribution in [0.2, 0.25) is 10.0 Å². The largest absolute Gasteiger partial charge is 0.394 e. The van der Waals surface area contributed by atoms with Gasteiger partial charge in [-0.1, -0.05) is 30.1 Å². The van der Waals surface area contributed by atoms with Gasteiger partial charge < -0.3 is 10.4 Å². The monoisotopic (exact) mass is 332 g/mol. The van der Waals surface area contributed by atoms with Crippen LogP contribution in [-0.4, -0.2) is 22.2 Å². The fourth-order valence-electron chi connectivity index (χ4n) is 2.71. The first-order chi connectivity index (χ1) is 9.87. The van der Waals surface area contributed by atoms with Crippen LogP contribution in [0, 0.1) is 16.0 Å². The van der Waals surface area contributed by atoms with Crippen LogP contribution < -0.4 is 5.32 Å². The van der Waals surface area contributed by atoms with Crippen molar-refractivity contribution in [3.8, 4) is 0 Å². The molecular formula is C14H18Cl2N2O3. The lowest BCUT2D eigenvalue weighted by Crippen LogP contribution is -2.45. The summed E-state index contributed by atoms with van der Waals surface area (Å²) in [6.07, 6.45) is 3.48. The van der Waals surface area contributed by atoms with Crippen molar-refractivity contribution in [1.29, 1.82) is 0 Å². The Kier molecular flexibility index (Phi) is 4.96. The summed E-state index contributed by atoms with van der Waals surface area (Å²) in [5.74, 6) is 0.607. The molecule has 0 aliphatic heterocycles. The van der Waals surface area contributed by atoms with Gasteiger partial charge in [-0.3, -0.25) is 10.1 Å². The zero-order valence-corrected chi connectivity index (χ0v) is 13.2. The minimum absolute atomic E-state index is 0.0723. The third kappa shape index (κ3) is 3.59. The van der Waals surface area contributed by atoms with Crippen molar-refractivity contribution >= 4 is 34.6 Å². The summed E-state index contributed by atoms with van der Waals surface area (Å²) in [4.78, 5) is 10.7. The molecule has 1 aliphatic carbocycles. The van der Waals surface area contributed by atoms with E-state index in [2.05, 4.69) is 12.2 Å². The Hall–Kier alpha value is -1.04. The highest BCUT2D eigenvalue weighted by Gasteiger charge is 2.35. The molecule has 0 unspecified atom stereocenters. The van der Waals surface area contributed by atoms with Crippen LogP contribution in [0.15, 0.2) is 12.1 Å². The lowest BCUT2D eigenvalue weighted by atomic mass is 9.77. The Morgan fingerprint density at radius 3 is 2.48 bits per heavy atom. The number of rotatable bonds is 4. The minimum atomic E-state index is -0.533. The van der Waals surface area contributed by atoms with Gasteiger partial charge in [-0.2, -0.15) is 0 Å². The zero-order valence-electron chi connectivity index (χ0n) is 11.7. The number of nitrogens with zero attached hydrogens (tertiary/aromatic N) is 1. The zero-order chi connectivity index (χ0) is 15.6. The summed E-state index contributed by atoms with van der Waals surface area (Å²) in [6.45, 7) is 2.10. The predicted molar refractivity (Wildman–Crippen MR) is 84.2 cm³/mol. The Balaban J connectivity index is 2.33. The normalized spacial score (nSPS) is 25.6. The van der Waals surface area contributed by atoms with Crippen molar-refractivity contribution in [3.05, 3.63) is 32.3 Å². The number of nitrogens with one attached hydrogen (secondary N) is 1. The molecule has 0 atom stereocenters. The van der Waals surface area contributed by atoms with Crippen LogP contribution >= 0.6 is 23.2 Å². The molecule has 0 spiro atoms. The third-order valence-corrected chi connectivity index (χ3v) is 4.89. The molecule has 1 fully saturated rings. The van der Waals surface area contributed by atoms with Crippen LogP contribution in [0.25, 0.3) is 0 Å². The molecule has 2 N–H and O–H groups in total. The number of hydrogen-bond donors (Lipinski definition) is 2. The number of nitro groups is 1. The first kappa shape index (κ1) is 16.3. The molecule has 116 valence electrons. The molecule has 2 rings (SSSR count). The second-order valence-corrected chi connectivity index (χ2v) is 6.60. The van der Waals surface area contributed by atoms with E-state index in [0.717, 1.165) is 25.7 Å². The maximum Gasteiger partial charge on any atom is 0.293 e. The summed E-state index contributed by atoms with van der Waals surface area (Å²) in [5.41, 5.74) is -0.358. The molecule has 5 nitrogen and oxygen atoms in total. The van der Waals surface area contributed by atoms with Crippen LogP contribution in [0.3, 0.4) is 0 Å². The predicted octanol–water partition coefficient (Wildman–Crippen LogP) is 4.25. The number of benzene rings is 1. The van der Waals surface area contributed by atoms with E-state index in [1.165, 1.54) is 12.1 Å². The van der Waals surface area contributed by atoms with E-state index < -0.39 is 10.5 Å². The SMILES string of the molecule is CC1CCC(CO)(Nc2cc(Cl)c(Cl)cc2[N+](=O)[O-])CC1. The molecule has 1 aromatic rings. The lowest BCUT2D eigenvalue weighted by Gasteiger charge is -2.39. The topological polar surface area (TPSA) is 75.4 Å². The summed E-state index contributed by atoms with van der Waals surface area (Å²) in [6, 6.07) is 2.69. The highest BCUT2D eigenvalue weighted by molar-refractivity contribution is 6.42. The smallest absolute Gasteiger partial charge is 0.293 e. The molecule has 0 radical (unpaired) electrons. The van der Waals surface area contributed by atoms with Crippen molar-refractivity contribution in [2.24, 2.45) is 5.92 Å². The molecule has 0 aromatic heterocycles. The van der Waals surface area contributed by atoms with E-state index in [1.54, 1.807) is 0 Å². The van der Waals surface area contributed by atoms with Crippen LogP contribution in [0.1, 0.15) is 32.6 Å². The Morgan fingerprint density at radius 2 is 1.95 bits per heavy atom. The maximum absolute atomic E-state index is 11.2. The van der Waals surface area contributed by atoms with Gasteiger partial charge in [-0.25, -0.2) is 0 Å². The fourth-order valence-corrected chi connectivity index (χ4v) is 3.03. The molecule has 1 aromatic carbocycles. The van der Waals surface area contributed by atoms with Gasteiger partial charge in [0.15, 0.2) is 0 Å². The average Bonchev–Trinajstić information content (AvgIpc) is 2.45. The van der Waals surface area contributed by atoms with Gasteiger partial charge in [-0.05, 0) is 37.7 Å². The molecule has 7 heteroatoms. The molecule has 0 heterocycles. The number of halogens is 2. The van der Waals surface area contributed by atoms with Gasteiger partial charge in [0.25, 0.3) is 5.69 Å². The van der Waals surface area contributed by atoms with E-state index in [0.29, 0.717) is 11.6 Å². The van der Waals surface area contributed by atoms with E-state index in [9.17, 15) is 15.2 Å². The third-order valence-electron chi connectivity index (χ3n) is 4.17. The molecule has 1 saturated carbocycles. The molecule has 0 amide bonds. The minimum Gasteiger partial charge on any atom is -0.394 e. The standard InChI is InChI=1S/C14H18Cl2N2O3/c1-9-2-4-14(8-19,5-3-9)17-12-6-10(15)11(16)7-13(12)18(20)21/h6-7,9,17,19H,2-5,8H2,1H3. The highest BCUT2D eigenvalue weighted by atomic mass is 35.5. The molecular weight excluding hydrogens is 315 g/mol. The maximum atomic E-state index is 11.2. The van der Waals surface area contributed by atoms with Gasteiger partial charge >= 0.3 is 0 Å². The van der Waals surface area contributed by atoms with Gasteiger partial charge in [0.2, 0.25) is 0 Å². The van der Waals surface area contributed by atoms with E-state index in [1.807, 2.05) is 0 Å². The summed E-state index contributed by atoms with van der Waals surface area (Å²) >= 11 is 11.8. The number of aliphatic hydroxyl groups excluding tert-OH is 1. The lowest BCUT2D eigenvalue weighted by molar-refractivity contribution is -0.384. The first-order valence-electron chi connectivity index (χ1n) is 6.89. The number of anilines is 1. The second kappa shape index (κ2) is 6.38. The highest BCUT2D eigenvalue weighted by Crippen LogP contribution is 2.39. The van der Waals surface area contributed by atoms with E-state index in [4.69, 9.17) is 23.2 Å². The molecule has 0 bridgehead atoms. The van der Waals surface area contributed by atoms with Gasteiger partial charge in [-0.15, -0.1) is 0 Å². The number of hydrogen-bond acceptors (Lipinski definition) is 4. The number of nitro benzene ring substituents is 1. The fraction of sp³-hybridized carbons (Fsp3) is 0.571. The van der Waals surface area contributed by atoms with Crippen molar-refractivity contribution < 1.29 is 10.0 Å². The average molecular weight is 333 g/mol. The molecule has 1 aliphatic rings. The van der Waals surface area contributed by atoms with E-state index >= 15 is 0 Å². The summed E-state index contributed by atoms with van der Waals surface area (Å²) in [7, 11) is 0. The first-order valence-corrected chi connectivity index (χ1v) is 7.65. The Labute approximate surface area is 133 Å². The van der Waals surface area contributed by atoms with Gasteiger partial charge in [0, 0.05) is 6.07 Å². The Bertz CT molecular complexity index is 543. The van der Waals surface area contributed by atoms with Crippen LogP contribution in [0.4, 0.5) is 11.4 Å². The summed E-state index contributed by atoms with van der Waals surface area (Å²) < 4.78 is 0. The van der Waals surface area contributed by atoms with Gasteiger partial charge in [0.1, 0.15) is 5.69 Å².